The van der Waals surface area contributed by atoms with Gasteiger partial charge < -0.3 is 0 Å². The molecule has 3 heteroatoms. The molecule has 0 aliphatic heterocycles. The van der Waals surface area contributed by atoms with Crippen molar-refractivity contribution in [3.8, 4) is 0 Å². The van der Waals surface area contributed by atoms with Crippen LogP contribution in [0.2, 0.25) is 0 Å². The highest BCUT2D eigenvalue weighted by Gasteiger charge is 1.89. The van der Waals surface area contributed by atoms with E-state index >= 15 is 0 Å². The SMILES string of the molecule is CCCCCCCCSN=O. The van der Waals surface area contributed by atoms with Crippen LogP contribution in [0.1, 0.15) is 45.4 Å². The summed E-state index contributed by atoms with van der Waals surface area (Å²) in [4.78, 5) is 9.65. The summed E-state index contributed by atoms with van der Waals surface area (Å²) in [5.41, 5.74) is 0. The minimum atomic E-state index is 0.898. The number of nitroso groups, excluding NO2 is 1. The van der Waals surface area contributed by atoms with Gasteiger partial charge in [0.25, 0.3) is 0 Å². The Hall–Kier alpha value is -0.0500. The number of hydrogen-bond donors (Lipinski definition) is 0. The zero-order chi connectivity index (χ0) is 8.36. The van der Waals surface area contributed by atoms with Crippen molar-refractivity contribution in [3.63, 3.8) is 0 Å². The number of hydrogen-bond acceptors (Lipinski definition) is 3. The Morgan fingerprint density at radius 3 is 2.36 bits per heavy atom. The second-order valence-corrected chi connectivity index (χ2v) is 3.49. The Balaban J connectivity index is 2.74. The van der Waals surface area contributed by atoms with Crippen molar-refractivity contribution in [2.24, 2.45) is 4.58 Å². The van der Waals surface area contributed by atoms with Gasteiger partial charge in [0.1, 0.15) is 0 Å². The molecule has 0 amide bonds. The maximum Gasteiger partial charge on any atom is 0.0203 e. The van der Waals surface area contributed by atoms with Gasteiger partial charge in [-0.1, -0.05) is 39.0 Å². The van der Waals surface area contributed by atoms with Gasteiger partial charge in [-0.3, -0.25) is 0 Å². The molecular weight excluding hydrogens is 158 g/mol. The van der Waals surface area contributed by atoms with E-state index in [0.717, 1.165) is 24.1 Å². The molecule has 0 unspecified atom stereocenters. The summed E-state index contributed by atoms with van der Waals surface area (Å²) >= 11 is 1.14. The number of nitrogens with zero attached hydrogens (tertiary/aromatic N) is 1. The maximum absolute atomic E-state index is 9.65. The van der Waals surface area contributed by atoms with Gasteiger partial charge in [0, 0.05) is 22.3 Å². The zero-order valence-electron chi connectivity index (χ0n) is 7.21. The van der Waals surface area contributed by atoms with Gasteiger partial charge in [0.2, 0.25) is 0 Å². The molecule has 0 rings (SSSR count). The molecule has 0 aromatic rings. The molecule has 66 valence electrons. The maximum atomic E-state index is 9.65. The molecular formula is C8H17NOS. The van der Waals surface area contributed by atoms with E-state index in [2.05, 4.69) is 11.5 Å². The van der Waals surface area contributed by atoms with E-state index in [-0.39, 0.29) is 0 Å². The van der Waals surface area contributed by atoms with E-state index in [4.69, 9.17) is 0 Å². The molecule has 0 saturated carbocycles. The van der Waals surface area contributed by atoms with Crippen LogP contribution in [-0.4, -0.2) is 5.75 Å². The van der Waals surface area contributed by atoms with Crippen LogP contribution in [0.15, 0.2) is 4.58 Å². The van der Waals surface area contributed by atoms with Crippen LogP contribution in [-0.2, 0) is 0 Å². The molecule has 0 aromatic carbocycles. The molecule has 0 N–H and O–H groups in total. The summed E-state index contributed by atoms with van der Waals surface area (Å²) in [5, 5.41) is 0. The van der Waals surface area contributed by atoms with Crippen LogP contribution in [0.25, 0.3) is 0 Å². The fourth-order valence-corrected chi connectivity index (χ4v) is 1.39. The van der Waals surface area contributed by atoms with Gasteiger partial charge in [-0.05, 0) is 6.42 Å². The summed E-state index contributed by atoms with van der Waals surface area (Å²) in [6.07, 6.45) is 7.69. The molecule has 0 atom stereocenters. The van der Waals surface area contributed by atoms with Gasteiger partial charge >= 0.3 is 0 Å². The van der Waals surface area contributed by atoms with E-state index in [1.54, 1.807) is 0 Å². The third kappa shape index (κ3) is 9.95. The lowest BCUT2D eigenvalue weighted by atomic mass is 10.1. The minimum Gasteiger partial charge on any atom is -0.137 e. The van der Waals surface area contributed by atoms with Crippen LogP contribution >= 0.6 is 11.9 Å². The van der Waals surface area contributed by atoms with E-state index in [9.17, 15) is 4.91 Å². The van der Waals surface area contributed by atoms with E-state index in [1.807, 2.05) is 0 Å². The Kier molecular flexibility index (Phi) is 9.90. The van der Waals surface area contributed by atoms with Gasteiger partial charge in [-0.15, -0.1) is 4.91 Å². The van der Waals surface area contributed by atoms with Crippen molar-refractivity contribution in [2.45, 2.75) is 45.4 Å². The summed E-state index contributed by atoms with van der Waals surface area (Å²) in [6, 6.07) is 0. The first-order valence-electron chi connectivity index (χ1n) is 4.36. The first kappa shape index (κ1) is 11.0. The highest BCUT2D eigenvalue weighted by atomic mass is 32.2. The molecule has 11 heavy (non-hydrogen) atoms. The molecule has 0 saturated heterocycles. The lowest BCUT2D eigenvalue weighted by molar-refractivity contribution is 0.627. The highest BCUT2D eigenvalue weighted by Crippen LogP contribution is 2.09. The second-order valence-electron chi connectivity index (χ2n) is 2.68. The van der Waals surface area contributed by atoms with Gasteiger partial charge in [0.05, 0.1) is 0 Å². The molecule has 0 aliphatic carbocycles. The molecule has 0 fully saturated rings. The van der Waals surface area contributed by atoms with Crippen molar-refractivity contribution < 1.29 is 0 Å². The minimum absolute atomic E-state index is 0.898. The Bertz CT molecular complexity index is 88.2. The number of unbranched alkanes of at least 4 members (excludes halogenated alkanes) is 5. The zero-order valence-corrected chi connectivity index (χ0v) is 8.03. The van der Waals surface area contributed by atoms with Crippen LogP contribution in [0.4, 0.5) is 0 Å². The van der Waals surface area contributed by atoms with Crippen LogP contribution < -0.4 is 0 Å². The molecule has 0 aromatic heterocycles. The van der Waals surface area contributed by atoms with E-state index in [1.165, 1.54) is 32.1 Å². The van der Waals surface area contributed by atoms with Crippen LogP contribution in [0.5, 0.6) is 0 Å². The van der Waals surface area contributed by atoms with Crippen LogP contribution in [0, 0.1) is 4.91 Å². The third-order valence-corrected chi connectivity index (χ3v) is 2.22. The average molecular weight is 175 g/mol. The highest BCUT2D eigenvalue weighted by molar-refractivity contribution is 7.97. The summed E-state index contributed by atoms with van der Waals surface area (Å²) in [6.45, 7) is 2.21. The van der Waals surface area contributed by atoms with E-state index < -0.39 is 0 Å². The van der Waals surface area contributed by atoms with Crippen molar-refractivity contribution in [2.75, 3.05) is 5.75 Å². The Morgan fingerprint density at radius 1 is 1.09 bits per heavy atom. The molecule has 0 radical (unpaired) electrons. The number of rotatable bonds is 8. The molecule has 2 nitrogen and oxygen atoms in total. The first-order chi connectivity index (χ1) is 5.41. The predicted molar refractivity (Wildman–Crippen MR) is 51.6 cm³/mol. The Labute approximate surface area is 73.2 Å². The van der Waals surface area contributed by atoms with E-state index in [0.29, 0.717) is 0 Å². The van der Waals surface area contributed by atoms with Crippen molar-refractivity contribution in [3.05, 3.63) is 4.91 Å². The summed E-state index contributed by atoms with van der Waals surface area (Å²) in [7, 11) is 0. The predicted octanol–water partition coefficient (Wildman–Crippen LogP) is 3.76. The molecule has 0 aliphatic rings. The monoisotopic (exact) mass is 175 g/mol. The third-order valence-electron chi connectivity index (χ3n) is 1.64. The smallest absolute Gasteiger partial charge is 0.0203 e. The molecule has 0 heterocycles. The van der Waals surface area contributed by atoms with Gasteiger partial charge in [-0.25, -0.2) is 0 Å². The fourth-order valence-electron chi connectivity index (χ4n) is 0.984. The van der Waals surface area contributed by atoms with Gasteiger partial charge in [-0.2, -0.15) is 0 Å². The first-order valence-corrected chi connectivity index (χ1v) is 5.30. The van der Waals surface area contributed by atoms with Gasteiger partial charge in [0.15, 0.2) is 0 Å². The summed E-state index contributed by atoms with van der Waals surface area (Å²) < 4.78 is 2.74. The average Bonchev–Trinajstić information content (AvgIpc) is 2.03. The lowest BCUT2D eigenvalue weighted by Gasteiger charge is -1.96. The lowest BCUT2D eigenvalue weighted by Crippen LogP contribution is -1.80. The van der Waals surface area contributed by atoms with Crippen molar-refractivity contribution >= 4 is 11.9 Å². The topological polar surface area (TPSA) is 29.4 Å². The molecule has 0 bridgehead atoms. The summed E-state index contributed by atoms with van der Waals surface area (Å²) in [5.74, 6) is 0.898. The normalized spacial score (nSPS) is 9.91. The second kappa shape index (κ2) is 9.95. The van der Waals surface area contributed by atoms with Crippen LogP contribution in [0.3, 0.4) is 0 Å². The standard InChI is InChI=1S/C8H17NOS/c1-2-3-4-5-6-7-8-11-9-10/h2-8H2,1H3. The quantitative estimate of drug-likeness (QED) is 0.319. The largest absolute Gasteiger partial charge is 0.137 e. The van der Waals surface area contributed by atoms with Crippen molar-refractivity contribution in [1.29, 1.82) is 0 Å². The fraction of sp³-hybridized carbons (Fsp3) is 1.00. The Morgan fingerprint density at radius 2 is 1.73 bits per heavy atom. The molecule has 0 spiro atoms. The van der Waals surface area contributed by atoms with Crippen molar-refractivity contribution in [1.82, 2.24) is 0 Å².